The molecule has 1 rings (SSSR count). The fourth-order valence-corrected chi connectivity index (χ4v) is 2.14. The van der Waals surface area contributed by atoms with Crippen LogP contribution in [0.5, 0.6) is 0 Å². The Kier molecular flexibility index (Phi) is 5.39. The standard InChI is InChI=1S/C16H24O2/c1-5-16(6-2,18-15(17)13(3)4)14-11-9-7-8-10-12-14/h7-11,13H,5-6,12H2,1-4H3. The van der Waals surface area contributed by atoms with E-state index in [0.717, 1.165) is 19.3 Å². The van der Waals surface area contributed by atoms with Crippen molar-refractivity contribution < 1.29 is 9.53 Å². The minimum atomic E-state index is -0.444. The number of carbonyl (C=O) groups excluding carboxylic acids is 1. The molecule has 0 aromatic rings. The number of allylic oxidation sites excluding steroid dienone is 5. The molecule has 0 aromatic heterocycles. The first kappa shape index (κ1) is 14.7. The summed E-state index contributed by atoms with van der Waals surface area (Å²) < 4.78 is 5.82. The first-order valence-electron chi connectivity index (χ1n) is 6.81. The van der Waals surface area contributed by atoms with Crippen molar-refractivity contribution in [2.75, 3.05) is 0 Å². The van der Waals surface area contributed by atoms with Crippen molar-refractivity contribution in [3.05, 3.63) is 36.0 Å². The van der Waals surface area contributed by atoms with Gasteiger partial charge in [-0.1, -0.05) is 58.1 Å². The van der Waals surface area contributed by atoms with E-state index in [0.29, 0.717) is 0 Å². The molecule has 1 aliphatic rings. The van der Waals surface area contributed by atoms with Crippen LogP contribution in [0.2, 0.25) is 0 Å². The van der Waals surface area contributed by atoms with Crippen molar-refractivity contribution in [1.29, 1.82) is 0 Å². The molecule has 0 unspecified atom stereocenters. The molecule has 2 nitrogen and oxygen atoms in total. The SMILES string of the molecule is CCC(CC)(OC(=O)C(C)C)C1=CC=CC=CC1. The number of hydrogen-bond acceptors (Lipinski definition) is 2. The number of rotatable bonds is 5. The normalized spacial score (nSPS) is 15.5. The van der Waals surface area contributed by atoms with E-state index in [4.69, 9.17) is 4.74 Å². The van der Waals surface area contributed by atoms with Crippen molar-refractivity contribution in [2.24, 2.45) is 5.92 Å². The van der Waals surface area contributed by atoms with Gasteiger partial charge in [0.1, 0.15) is 5.60 Å². The molecular weight excluding hydrogens is 224 g/mol. The van der Waals surface area contributed by atoms with Crippen molar-refractivity contribution in [3.8, 4) is 0 Å². The summed E-state index contributed by atoms with van der Waals surface area (Å²) >= 11 is 0. The zero-order valence-corrected chi connectivity index (χ0v) is 11.9. The van der Waals surface area contributed by atoms with Crippen molar-refractivity contribution in [2.45, 2.75) is 52.6 Å². The Labute approximate surface area is 110 Å². The van der Waals surface area contributed by atoms with Gasteiger partial charge in [-0.15, -0.1) is 0 Å². The third-order valence-corrected chi connectivity index (χ3v) is 3.49. The van der Waals surface area contributed by atoms with E-state index in [1.807, 2.05) is 32.1 Å². The Hall–Kier alpha value is -1.31. The second-order valence-corrected chi connectivity index (χ2v) is 4.99. The molecule has 100 valence electrons. The summed E-state index contributed by atoms with van der Waals surface area (Å²) in [6.07, 6.45) is 12.7. The highest BCUT2D eigenvalue weighted by Crippen LogP contribution is 2.33. The average Bonchev–Trinajstić information content (AvgIpc) is 2.65. The molecule has 0 bridgehead atoms. The summed E-state index contributed by atoms with van der Waals surface area (Å²) in [5, 5.41) is 0. The predicted octanol–water partition coefficient (Wildman–Crippen LogP) is 4.19. The average molecular weight is 248 g/mol. The van der Waals surface area contributed by atoms with E-state index in [9.17, 15) is 4.79 Å². The Morgan fingerprint density at radius 2 is 1.94 bits per heavy atom. The first-order chi connectivity index (χ1) is 8.55. The van der Waals surface area contributed by atoms with Crippen LogP contribution in [0.4, 0.5) is 0 Å². The molecule has 0 heterocycles. The van der Waals surface area contributed by atoms with E-state index < -0.39 is 5.60 Å². The summed E-state index contributed by atoms with van der Waals surface area (Å²) in [7, 11) is 0. The van der Waals surface area contributed by atoms with E-state index >= 15 is 0 Å². The maximum Gasteiger partial charge on any atom is 0.309 e. The van der Waals surface area contributed by atoms with Crippen LogP contribution in [0.3, 0.4) is 0 Å². The summed E-state index contributed by atoms with van der Waals surface area (Å²) in [5.74, 6) is -0.197. The van der Waals surface area contributed by atoms with Gasteiger partial charge in [0.05, 0.1) is 5.92 Å². The molecule has 0 fully saturated rings. The third kappa shape index (κ3) is 3.34. The topological polar surface area (TPSA) is 26.3 Å². The van der Waals surface area contributed by atoms with Gasteiger partial charge in [0.25, 0.3) is 0 Å². The summed E-state index contributed by atoms with van der Waals surface area (Å²) in [4.78, 5) is 11.9. The highest BCUT2D eigenvalue weighted by Gasteiger charge is 2.34. The zero-order valence-electron chi connectivity index (χ0n) is 11.9. The molecule has 0 saturated heterocycles. The van der Waals surface area contributed by atoms with Gasteiger partial charge < -0.3 is 4.74 Å². The van der Waals surface area contributed by atoms with Gasteiger partial charge in [-0.25, -0.2) is 0 Å². The molecule has 0 amide bonds. The van der Waals surface area contributed by atoms with Gasteiger partial charge in [-0.3, -0.25) is 4.79 Å². The first-order valence-corrected chi connectivity index (χ1v) is 6.81. The lowest BCUT2D eigenvalue weighted by molar-refractivity contribution is -0.160. The maximum absolute atomic E-state index is 11.9. The lowest BCUT2D eigenvalue weighted by atomic mass is 9.85. The fourth-order valence-electron chi connectivity index (χ4n) is 2.14. The quantitative estimate of drug-likeness (QED) is 0.682. The van der Waals surface area contributed by atoms with Crippen LogP contribution in [-0.4, -0.2) is 11.6 Å². The molecule has 1 aliphatic carbocycles. The number of esters is 1. The maximum atomic E-state index is 11.9. The van der Waals surface area contributed by atoms with Crippen molar-refractivity contribution >= 4 is 5.97 Å². The zero-order chi connectivity index (χ0) is 13.6. The van der Waals surface area contributed by atoms with Gasteiger partial charge in [-0.2, -0.15) is 0 Å². The summed E-state index contributed by atoms with van der Waals surface area (Å²) in [6.45, 7) is 7.91. The fraction of sp³-hybridized carbons (Fsp3) is 0.562. The molecule has 2 heteroatoms. The minimum absolute atomic E-state index is 0.0834. The number of ether oxygens (including phenoxy) is 1. The highest BCUT2D eigenvalue weighted by atomic mass is 16.6. The second kappa shape index (κ2) is 6.58. The van der Waals surface area contributed by atoms with Gasteiger partial charge in [-0.05, 0) is 24.8 Å². The largest absolute Gasteiger partial charge is 0.454 e. The van der Waals surface area contributed by atoms with Crippen LogP contribution in [0.25, 0.3) is 0 Å². The lowest BCUT2D eigenvalue weighted by Crippen LogP contribution is -2.37. The third-order valence-electron chi connectivity index (χ3n) is 3.49. The minimum Gasteiger partial charge on any atom is -0.454 e. The van der Waals surface area contributed by atoms with E-state index in [2.05, 4.69) is 26.0 Å². The molecular formula is C16H24O2. The van der Waals surface area contributed by atoms with E-state index in [1.165, 1.54) is 5.57 Å². The summed E-state index contributed by atoms with van der Waals surface area (Å²) in [6, 6.07) is 0. The Bertz CT molecular complexity index is 369. The van der Waals surface area contributed by atoms with Crippen LogP contribution in [0.15, 0.2) is 36.0 Å². The molecule has 18 heavy (non-hydrogen) atoms. The van der Waals surface area contributed by atoms with Gasteiger partial charge in [0.2, 0.25) is 0 Å². The van der Waals surface area contributed by atoms with Crippen LogP contribution in [0, 0.1) is 5.92 Å². The van der Waals surface area contributed by atoms with Crippen LogP contribution < -0.4 is 0 Å². The molecule has 0 aliphatic heterocycles. The van der Waals surface area contributed by atoms with Gasteiger partial charge in [0.15, 0.2) is 0 Å². The molecule has 0 radical (unpaired) electrons. The van der Waals surface area contributed by atoms with Crippen molar-refractivity contribution in [1.82, 2.24) is 0 Å². The van der Waals surface area contributed by atoms with Crippen LogP contribution in [-0.2, 0) is 9.53 Å². The molecule has 0 N–H and O–H groups in total. The van der Waals surface area contributed by atoms with Crippen LogP contribution >= 0.6 is 0 Å². The molecule has 0 atom stereocenters. The second-order valence-electron chi connectivity index (χ2n) is 4.99. The monoisotopic (exact) mass is 248 g/mol. The molecule has 0 aromatic carbocycles. The Balaban J connectivity index is 2.99. The molecule has 0 spiro atoms. The van der Waals surface area contributed by atoms with Gasteiger partial charge in [0, 0.05) is 0 Å². The highest BCUT2D eigenvalue weighted by molar-refractivity contribution is 5.72. The van der Waals surface area contributed by atoms with Crippen LogP contribution in [0.1, 0.15) is 47.0 Å². The Morgan fingerprint density at radius 1 is 1.28 bits per heavy atom. The van der Waals surface area contributed by atoms with Gasteiger partial charge >= 0.3 is 5.97 Å². The lowest BCUT2D eigenvalue weighted by Gasteiger charge is -2.34. The predicted molar refractivity (Wildman–Crippen MR) is 75.2 cm³/mol. The van der Waals surface area contributed by atoms with E-state index in [-0.39, 0.29) is 11.9 Å². The summed E-state index contributed by atoms with van der Waals surface area (Å²) in [5.41, 5.74) is 0.743. The molecule has 0 saturated carbocycles. The smallest absolute Gasteiger partial charge is 0.309 e. The van der Waals surface area contributed by atoms with Crippen molar-refractivity contribution in [3.63, 3.8) is 0 Å². The van der Waals surface area contributed by atoms with E-state index in [1.54, 1.807) is 0 Å². The Morgan fingerprint density at radius 3 is 2.50 bits per heavy atom. The number of hydrogen-bond donors (Lipinski definition) is 0. The number of carbonyl (C=O) groups is 1.